The summed E-state index contributed by atoms with van der Waals surface area (Å²) in [7, 11) is -3.38. The second-order valence-electron chi connectivity index (χ2n) is 3.48. The lowest BCUT2D eigenvalue weighted by atomic mass is 9.84. The number of hydrogen-bond acceptors (Lipinski definition) is 4. The van der Waals surface area contributed by atoms with Crippen LogP contribution in [0.3, 0.4) is 0 Å². The van der Waals surface area contributed by atoms with Crippen LogP contribution in [0, 0.1) is 11.3 Å². The zero-order valence-electron chi connectivity index (χ0n) is 8.12. The molecule has 0 spiro atoms. The van der Waals surface area contributed by atoms with Crippen LogP contribution < -0.4 is 4.72 Å². The Morgan fingerprint density at radius 3 is 2.57 bits per heavy atom. The molecule has 1 aliphatic rings. The number of rotatable bonds is 5. The summed E-state index contributed by atoms with van der Waals surface area (Å²) in [6.45, 7) is 0.457. The molecule has 0 bridgehead atoms. The SMILES string of the molecule is CSC1(CNS(=O)(=O)CC#N)CCC1. The molecule has 0 radical (unpaired) electrons. The highest BCUT2D eigenvalue weighted by atomic mass is 32.2. The first-order valence-electron chi connectivity index (χ1n) is 4.43. The summed E-state index contributed by atoms with van der Waals surface area (Å²) >= 11 is 1.71. The van der Waals surface area contributed by atoms with Crippen molar-refractivity contribution in [1.82, 2.24) is 4.72 Å². The molecule has 0 aromatic heterocycles. The topological polar surface area (TPSA) is 70.0 Å². The van der Waals surface area contributed by atoms with Gasteiger partial charge in [0, 0.05) is 11.3 Å². The molecule has 0 aromatic rings. The van der Waals surface area contributed by atoms with E-state index in [2.05, 4.69) is 4.72 Å². The fourth-order valence-corrected chi connectivity index (χ4v) is 3.17. The number of sulfonamides is 1. The third kappa shape index (κ3) is 2.87. The summed E-state index contributed by atoms with van der Waals surface area (Å²) in [5.74, 6) is -0.447. The van der Waals surface area contributed by atoms with Crippen LogP contribution in [0.1, 0.15) is 19.3 Å². The van der Waals surface area contributed by atoms with Crippen molar-refractivity contribution in [2.24, 2.45) is 0 Å². The maximum absolute atomic E-state index is 11.2. The Bertz CT molecular complexity index is 322. The number of nitrogens with one attached hydrogen (secondary N) is 1. The van der Waals surface area contributed by atoms with E-state index in [-0.39, 0.29) is 4.75 Å². The van der Waals surface area contributed by atoms with Crippen LogP contribution in [-0.2, 0) is 10.0 Å². The van der Waals surface area contributed by atoms with Crippen LogP contribution in [0.4, 0.5) is 0 Å². The van der Waals surface area contributed by atoms with Crippen LogP contribution in [0.25, 0.3) is 0 Å². The van der Waals surface area contributed by atoms with Crippen molar-refractivity contribution >= 4 is 21.8 Å². The van der Waals surface area contributed by atoms with Crippen LogP contribution in [-0.4, -0.2) is 31.7 Å². The normalized spacial score (nSPS) is 19.7. The van der Waals surface area contributed by atoms with Gasteiger partial charge in [0.2, 0.25) is 10.0 Å². The molecule has 1 aliphatic carbocycles. The Labute approximate surface area is 89.1 Å². The molecule has 0 aliphatic heterocycles. The lowest BCUT2D eigenvalue weighted by Crippen LogP contribution is -2.45. The molecule has 0 aromatic carbocycles. The Morgan fingerprint density at radius 1 is 1.57 bits per heavy atom. The van der Waals surface area contributed by atoms with Gasteiger partial charge in [-0.2, -0.15) is 17.0 Å². The Hall–Kier alpha value is -0.250. The summed E-state index contributed by atoms with van der Waals surface area (Å²) in [5, 5.41) is 8.29. The van der Waals surface area contributed by atoms with Crippen molar-refractivity contribution in [2.75, 3.05) is 18.6 Å². The molecule has 6 heteroatoms. The molecule has 1 saturated carbocycles. The predicted molar refractivity (Wildman–Crippen MR) is 57.5 cm³/mol. The second kappa shape index (κ2) is 4.51. The summed E-state index contributed by atoms with van der Waals surface area (Å²) in [5.41, 5.74) is 0. The van der Waals surface area contributed by atoms with Gasteiger partial charge >= 0.3 is 0 Å². The van der Waals surface area contributed by atoms with Gasteiger partial charge in [0.05, 0.1) is 6.07 Å². The first-order chi connectivity index (χ1) is 6.54. The van der Waals surface area contributed by atoms with Crippen molar-refractivity contribution in [2.45, 2.75) is 24.0 Å². The van der Waals surface area contributed by atoms with Gasteiger partial charge in [0.15, 0.2) is 5.75 Å². The Kier molecular flexibility index (Phi) is 3.81. The van der Waals surface area contributed by atoms with E-state index >= 15 is 0 Å². The van der Waals surface area contributed by atoms with Gasteiger partial charge in [-0.05, 0) is 19.1 Å². The van der Waals surface area contributed by atoms with Gasteiger partial charge in [0.1, 0.15) is 0 Å². The molecule has 4 nitrogen and oxygen atoms in total. The zero-order chi connectivity index (χ0) is 10.7. The maximum Gasteiger partial charge on any atom is 0.225 e. The average Bonchev–Trinajstić information content (AvgIpc) is 2.03. The molecule has 14 heavy (non-hydrogen) atoms. The predicted octanol–water partition coefficient (Wildman–Crippen LogP) is 0.715. The number of hydrogen-bond donors (Lipinski definition) is 1. The van der Waals surface area contributed by atoms with E-state index in [9.17, 15) is 8.42 Å². The Balaban J connectivity index is 2.44. The van der Waals surface area contributed by atoms with Gasteiger partial charge < -0.3 is 0 Å². The molecule has 0 heterocycles. The first-order valence-corrected chi connectivity index (χ1v) is 7.31. The minimum absolute atomic E-state index is 0.0858. The molecule has 0 saturated heterocycles. The summed E-state index contributed by atoms with van der Waals surface area (Å²) in [6.07, 6.45) is 5.28. The minimum Gasteiger partial charge on any atom is -0.213 e. The van der Waals surface area contributed by atoms with Gasteiger partial charge in [-0.1, -0.05) is 6.42 Å². The maximum atomic E-state index is 11.2. The van der Waals surface area contributed by atoms with E-state index < -0.39 is 15.8 Å². The van der Waals surface area contributed by atoms with Crippen molar-refractivity contribution in [1.29, 1.82) is 5.26 Å². The van der Waals surface area contributed by atoms with Crippen LogP contribution in [0.5, 0.6) is 0 Å². The molecule has 0 unspecified atom stereocenters. The molecule has 1 rings (SSSR count). The minimum atomic E-state index is -3.38. The average molecular weight is 234 g/mol. The van der Waals surface area contributed by atoms with E-state index in [1.807, 2.05) is 6.26 Å². The van der Waals surface area contributed by atoms with E-state index in [1.165, 1.54) is 6.42 Å². The lowest BCUT2D eigenvalue weighted by Gasteiger charge is -2.40. The quantitative estimate of drug-likeness (QED) is 0.761. The fourth-order valence-electron chi connectivity index (χ4n) is 1.40. The zero-order valence-corrected chi connectivity index (χ0v) is 9.75. The highest BCUT2D eigenvalue weighted by Gasteiger charge is 2.36. The van der Waals surface area contributed by atoms with Crippen molar-refractivity contribution in [3.63, 3.8) is 0 Å². The fraction of sp³-hybridized carbons (Fsp3) is 0.875. The van der Waals surface area contributed by atoms with Crippen LogP contribution in [0.15, 0.2) is 0 Å². The number of nitrogens with zero attached hydrogens (tertiary/aromatic N) is 1. The third-order valence-electron chi connectivity index (χ3n) is 2.57. The highest BCUT2D eigenvalue weighted by Crippen LogP contribution is 2.42. The monoisotopic (exact) mass is 234 g/mol. The van der Waals surface area contributed by atoms with E-state index in [0.29, 0.717) is 6.54 Å². The largest absolute Gasteiger partial charge is 0.225 e. The van der Waals surface area contributed by atoms with Crippen molar-refractivity contribution < 1.29 is 8.42 Å². The van der Waals surface area contributed by atoms with E-state index in [0.717, 1.165) is 12.8 Å². The van der Waals surface area contributed by atoms with E-state index in [4.69, 9.17) is 5.26 Å². The van der Waals surface area contributed by atoms with Crippen LogP contribution in [0.2, 0.25) is 0 Å². The molecule has 0 atom stereocenters. The summed E-state index contributed by atoms with van der Waals surface area (Å²) < 4.78 is 24.9. The summed E-state index contributed by atoms with van der Waals surface area (Å²) in [6, 6.07) is 1.64. The second-order valence-corrected chi connectivity index (χ2v) is 6.56. The smallest absolute Gasteiger partial charge is 0.213 e. The molecule has 1 N–H and O–H groups in total. The van der Waals surface area contributed by atoms with Gasteiger partial charge in [0.25, 0.3) is 0 Å². The molecular weight excluding hydrogens is 220 g/mol. The van der Waals surface area contributed by atoms with Crippen molar-refractivity contribution in [3.8, 4) is 6.07 Å². The molecular formula is C8H14N2O2S2. The molecule has 1 fully saturated rings. The molecule has 0 amide bonds. The lowest BCUT2D eigenvalue weighted by molar-refractivity contribution is 0.362. The summed E-state index contributed by atoms with van der Waals surface area (Å²) in [4.78, 5) is 0. The van der Waals surface area contributed by atoms with Gasteiger partial charge in [-0.3, -0.25) is 0 Å². The highest BCUT2D eigenvalue weighted by molar-refractivity contribution is 8.00. The van der Waals surface area contributed by atoms with Gasteiger partial charge in [-0.15, -0.1) is 0 Å². The Morgan fingerprint density at radius 2 is 2.21 bits per heavy atom. The first kappa shape index (κ1) is 11.8. The number of nitriles is 1. The standard InChI is InChI=1S/C8H14N2O2S2/c1-13-8(3-2-4-8)7-10-14(11,12)6-5-9/h10H,2-4,6-7H2,1H3. The third-order valence-corrected chi connectivity index (χ3v) is 5.08. The van der Waals surface area contributed by atoms with Crippen LogP contribution >= 0.6 is 11.8 Å². The van der Waals surface area contributed by atoms with Gasteiger partial charge in [-0.25, -0.2) is 13.1 Å². The number of thioether (sulfide) groups is 1. The van der Waals surface area contributed by atoms with Crippen molar-refractivity contribution in [3.05, 3.63) is 0 Å². The van der Waals surface area contributed by atoms with E-state index in [1.54, 1.807) is 17.8 Å². The molecule has 80 valence electrons.